The van der Waals surface area contributed by atoms with E-state index in [1.807, 2.05) is 0 Å². The van der Waals surface area contributed by atoms with Crippen LogP contribution in [0.4, 0.5) is 4.39 Å². The summed E-state index contributed by atoms with van der Waals surface area (Å²) in [6.45, 7) is 3.49. The van der Waals surface area contributed by atoms with Crippen LogP contribution in [0.15, 0.2) is 12.1 Å². The highest BCUT2D eigenvalue weighted by Gasteiger charge is 2.29. The van der Waals surface area contributed by atoms with Gasteiger partial charge >= 0.3 is 5.97 Å². The Morgan fingerprint density at radius 3 is 2.59 bits per heavy atom. The maximum atomic E-state index is 13.3. The van der Waals surface area contributed by atoms with Crippen molar-refractivity contribution in [2.75, 3.05) is 7.11 Å². The largest absolute Gasteiger partial charge is 0.495 e. The molecular weight excluding hydrogens is 247 g/mol. The third kappa shape index (κ3) is 2.88. The lowest BCUT2D eigenvalue weighted by molar-refractivity contribution is -0.138. The van der Waals surface area contributed by atoms with Crippen molar-refractivity contribution in [2.24, 2.45) is 0 Å². The van der Waals surface area contributed by atoms with Crippen LogP contribution in [0.25, 0.3) is 0 Å². The van der Waals surface area contributed by atoms with Gasteiger partial charge in [-0.3, -0.25) is 4.79 Å². The van der Waals surface area contributed by atoms with E-state index >= 15 is 0 Å². The first-order chi connectivity index (χ1) is 7.79. The second kappa shape index (κ2) is 4.92. The minimum absolute atomic E-state index is 0.0919. The van der Waals surface area contributed by atoms with Gasteiger partial charge in [0, 0.05) is 11.0 Å². The topological polar surface area (TPSA) is 46.5 Å². The van der Waals surface area contributed by atoms with Gasteiger partial charge in [0.2, 0.25) is 0 Å². The number of rotatable bonds is 4. The zero-order valence-corrected chi connectivity index (χ0v) is 10.6. The summed E-state index contributed by atoms with van der Waals surface area (Å²) in [7, 11) is 1.38. The average Bonchev–Trinajstić information content (AvgIpc) is 2.19. The Labute approximate surface area is 104 Å². The maximum absolute atomic E-state index is 13.3. The minimum atomic E-state index is -0.933. The lowest BCUT2D eigenvalue weighted by atomic mass is 9.81. The number of carbonyl (C=O) groups is 1. The Balaban J connectivity index is 3.31. The molecule has 0 aromatic heterocycles. The standard InChI is InChI=1S/C12H14ClFO3/c1-12(2,6-9(15)16)7-4-5-8(14)10(13)11(7)17-3/h4-5H,6H2,1-3H3,(H,15,16). The molecule has 0 aliphatic rings. The molecule has 0 amide bonds. The molecule has 1 N–H and O–H groups in total. The van der Waals surface area contributed by atoms with E-state index in [0.29, 0.717) is 5.56 Å². The van der Waals surface area contributed by atoms with Crippen LogP contribution in [0.5, 0.6) is 5.75 Å². The molecule has 0 saturated carbocycles. The Kier molecular flexibility index (Phi) is 3.98. The van der Waals surface area contributed by atoms with Crippen LogP contribution in [-0.4, -0.2) is 18.2 Å². The van der Waals surface area contributed by atoms with E-state index < -0.39 is 17.2 Å². The van der Waals surface area contributed by atoms with Gasteiger partial charge in [0.1, 0.15) is 16.6 Å². The number of halogens is 2. The lowest BCUT2D eigenvalue weighted by Gasteiger charge is -2.25. The molecule has 1 aromatic carbocycles. The number of aliphatic carboxylic acids is 1. The molecule has 0 heterocycles. The second-order valence-electron chi connectivity index (χ2n) is 4.40. The maximum Gasteiger partial charge on any atom is 0.304 e. The van der Waals surface area contributed by atoms with Gasteiger partial charge in [-0.05, 0) is 6.07 Å². The highest BCUT2D eigenvalue weighted by Crippen LogP contribution is 2.39. The van der Waals surface area contributed by atoms with Crippen molar-refractivity contribution in [3.63, 3.8) is 0 Å². The van der Waals surface area contributed by atoms with Gasteiger partial charge in [-0.15, -0.1) is 0 Å². The van der Waals surface area contributed by atoms with Crippen molar-refractivity contribution in [2.45, 2.75) is 25.7 Å². The predicted octanol–water partition coefficient (Wildman–Crippen LogP) is 3.24. The van der Waals surface area contributed by atoms with E-state index in [-0.39, 0.29) is 17.2 Å². The van der Waals surface area contributed by atoms with E-state index in [4.69, 9.17) is 21.4 Å². The summed E-state index contributed by atoms with van der Waals surface area (Å²) >= 11 is 5.79. The number of carboxylic acid groups (broad SMARTS) is 1. The summed E-state index contributed by atoms with van der Waals surface area (Å²) in [6, 6.07) is 2.72. The van der Waals surface area contributed by atoms with Crippen molar-refractivity contribution in [3.8, 4) is 5.75 Å². The number of hydrogen-bond donors (Lipinski definition) is 1. The Hall–Kier alpha value is -1.29. The minimum Gasteiger partial charge on any atom is -0.495 e. The van der Waals surface area contributed by atoms with E-state index in [0.717, 1.165) is 0 Å². The second-order valence-corrected chi connectivity index (χ2v) is 4.77. The highest BCUT2D eigenvalue weighted by atomic mass is 35.5. The molecule has 1 rings (SSSR count). The molecule has 0 aliphatic heterocycles. The molecule has 0 spiro atoms. The normalized spacial score (nSPS) is 11.4. The summed E-state index contributed by atoms with van der Waals surface area (Å²) < 4.78 is 18.3. The number of hydrogen-bond acceptors (Lipinski definition) is 2. The van der Waals surface area contributed by atoms with Crippen LogP contribution in [0.1, 0.15) is 25.8 Å². The molecule has 0 fully saturated rings. The van der Waals surface area contributed by atoms with Gasteiger partial charge in [0.25, 0.3) is 0 Å². The number of methoxy groups -OCH3 is 1. The Morgan fingerprint density at radius 2 is 2.12 bits per heavy atom. The fraction of sp³-hybridized carbons (Fsp3) is 0.417. The van der Waals surface area contributed by atoms with E-state index in [2.05, 4.69) is 0 Å². The van der Waals surface area contributed by atoms with Gasteiger partial charge < -0.3 is 9.84 Å². The lowest BCUT2D eigenvalue weighted by Crippen LogP contribution is -2.22. The summed E-state index contributed by atoms with van der Waals surface area (Å²) in [5.41, 5.74) is -0.108. The molecule has 0 saturated heterocycles. The fourth-order valence-corrected chi connectivity index (χ4v) is 1.98. The number of benzene rings is 1. The SMILES string of the molecule is COc1c(C(C)(C)CC(=O)O)ccc(F)c1Cl. The summed E-state index contributed by atoms with van der Waals surface area (Å²) in [4.78, 5) is 10.8. The number of carboxylic acids is 1. The van der Waals surface area contributed by atoms with Crippen LogP contribution >= 0.6 is 11.6 Å². The van der Waals surface area contributed by atoms with Crippen molar-refractivity contribution in [3.05, 3.63) is 28.5 Å². The zero-order chi connectivity index (χ0) is 13.2. The molecule has 0 aliphatic carbocycles. The molecule has 94 valence electrons. The molecule has 0 atom stereocenters. The first-order valence-electron chi connectivity index (χ1n) is 5.04. The molecule has 0 bridgehead atoms. The Bertz CT molecular complexity index is 444. The summed E-state index contributed by atoms with van der Waals surface area (Å²) in [5.74, 6) is -1.33. The van der Waals surface area contributed by atoms with Crippen molar-refractivity contribution >= 4 is 17.6 Å². The van der Waals surface area contributed by atoms with Crippen LogP contribution in [0.2, 0.25) is 5.02 Å². The first-order valence-corrected chi connectivity index (χ1v) is 5.41. The van der Waals surface area contributed by atoms with Gasteiger partial charge in [0.05, 0.1) is 13.5 Å². The molecule has 17 heavy (non-hydrogen) atoms. The summed E-state index contributed by atoms with van der Waals surface area (Å²) in [5, 5.41) is 8.73. The molecule has 1 aromatic rings. The molecule has 0 radical (unpaired) electrons. The third-order valence-electron chi connectivity index (χ3n) is 2.58. The highest BCUT2D eigenvalue weighted by molar-refractivity contribution is 6.32. The quantitative estimate of drug-likeness (QED) is 0.904. The average molecular weight is 261 g/mol. The molecule has 3 nitrogen and oxygen atoms in total. The smallest absolute Gasteiger partial charge is 0.304 e. The van der Waals surface area contributed by atoms with Crippen LogP contribution in [0, 0.1) is 5.82 Å². The Morgan fingerprint density at radius 1 is 1.53 bits per heavy atom. The fourth-order valence-electron chi connectivity index (χ4n) is 1.74. The van der Waals surface area contributed by atoms with Gasteiger partial charge in [-0.1, -0.05) is 31.5 Å². The van der Waals surface area contributed by atoms with Gasteiger partial charge in [-0.25, -0.2) is 4.39 Å². The monoisotopic (exact) mass is 260 g/mol. The van der Waals surface area contributed by atoms with Crippen LogP contribution < -0.4 is 4.74 Å². The molecule has 0 unspecified atom stereocenters. The molecular formula is C12H14ClFO3. The number of ether oxygens (including phenoxy) is 1. The first kappa shape index (κ1) is 13.8. The van der Waals surface area contributed by atoms with Gasteiger partial charge in [0.15, 0.2) is 0 Å². The van der Waals surface area contributed by atoms with Crippen molar-refractivity contribution in [1.82, 2.24) is 0 Å². The third-order valence-corrected chi connectivity index (χ3v) is 2.93. The van der Waals surface area contributed by atoms with Crippen LogP contribution in [0.3, 0.4) is 0 Å². The van der Waals surface area contributed by atoms with Crippen molar-refractivity contribution < 1.29 is 19.0 Å². The van der Waals surface area contributed by atoms with E-state index in [1.54, 1.807) is 13.8 Å². The molecule has 5 heteroatoms. The van der Waals surface area contributed by atoms with Gasteiger partial charge in [-0.2, -0.15) is 0 Å². The zero-order valence-electron chi connectivity index (χ0n) is 9.88. The van der Waals surface area contributed by atoms with E-state index in [1.165, 1.54) is 19.2 Å². The predicted molar refractivity (Wildman–Crippen MR) is 63.2 cm³/mol. The summed E-state index contributed by atoms with van der Waals surface area (Å²) in [6.07, 6.45) is -0.0919. The van der Waals surface area contributed by atoms with E-state index in [9.17, 15) is 9.18 Å². The van der Waals surface area contributed by atoms with Crippen LogP contribution in [-0.2, 0) is 10.2 Å². The van der Waals surface area contributed by atoms with Crippen molar-refractivity contribution in [1.29, 1.82) is 0 Å².